The summed E-state index contributed by atoms with van der Waals surface area (Å²) >= 11 is 0. The van der Waals surface area contributed by atoms with Crippen LogP contribution in [-0.4, -0.2) is 0 Å². The Morgan fingerprint density at radius 3 is 1.34 bits per heavy atom. The Labute approximate surface area is 348 Å². The maximum Gasteiger partial charge on any atom is 0.0540 e. The average Bonchev–Trinajstić information content (AvgIpc) is 3.59. The van der Waals surface area contributed by atoms with E-state index in [4.69, 9.17) is 0 Å². The van der Waals surface area contributed by atoms with Crippen LogP contribution in [0.25, 0.3) is 55.6 Å². The maximum absolute atomic E-state index is 2.54. The molecule has 0 radical (unpaired) electrons. The second-order valence-electron chi connectivity index (χ2n) is 17.7. The number of hydrogen-bond acceptors (Lipinski definition) is 1. The lowest BCUT2D eigenvalue weighted by atomic mass is 9.43. The molecular formula is C58H47N. The molecule has 0 heterocycles. The number of benzene rings is 8. The molecule has 0 atom stereocenters. The highest BCUT2D eigenvalue weighted by Gasteiger charge is 2.61. The Hall–Kier alpha value is -6.44. The smallest absolute Gasteiger partial charge is 0.0540 e. The number of anilines is 3. The summed E-state index contributed by atoms with van der Waals surface area (Å²) < 4.78 is 0. The Kier molecular flexibility index (Phi) is 8.12. The van der Waals surface area contributed by atoms with Gasteiger partial charge in [-0.05, 0) is 153 Å². The van der Waals surface area contributed by atoms with E-state index in [0.29, 0.717) is 0 Å². The van der Waals surface area contributed by atoms with E-state index in [9.17, 15) is 0 Å². The lowest BCUT2D eigenvalue weighted by Gasteiger charge is -2.61. The van der Waals surface area contributed by atoms with E-state index in [0.717, 1.165) is 40.7 Å². The molecule has 284 valence electrons. The Morgan fingerprint density at radius 2 is 0.746 bits per heavy atom. The zero-order valence-electron chi connectivity index (χ0n) is 33.3. The number of para-hydroxylation sites is 1. The van der Waals surface area contributed by atoms with Gasteiger partial charge in [0.25, 0.3) is 0 Å². The largest absolute Gasteiger partial charge is 0.310 e. The first kappa shape index (κ1) is 34.6. The molecule has 0 aliphatic heterocycles. The quantitative estimate of drug-likeness (QED) is 0.156. The summed E-state index contributed by atoms with van der Waals surface area (Å²) in [6.07, 6.45) is 7.14. The molecule has 5 aliphatic rings. The minimum Gasteiger partial charge on any atom is -0.310 e. The van der Waals surface area contributed by atoms with Crippen LogP contribution in [0.3, 0.4) is 0 Å². The highest BCUT2D eigenvalue weighted by Crippen LogP contribution is 2.69. The van der Waals surface area contributed by atoms with Crippen LogP contribution in [0.1, 0.15) is 43.2 Å². The molecule has 4 saturated carbocycles. The van der Waals surface area contributed by atoms with Gasteiger partial charge in [0.15, 0.2) is 0 Å². The highest BCUT2D eigenvalue weighted by atomic mass is 15.1. The van der Waals surface area contributed by atoms with E-state index in [2.05, 4.69) is 205 Å². The van der Waals surface area contributed by atoms with Gasteiger partial charge in [0.2, 0.25) is 0 Å². The van der Waals surface area contributed by atoms with Crippen LogP contribution in [-0.2, 0) is 5.41 Å². The van der Waals surface area contributed by atoms with Crippen molar-refractivity contribution >= 4 is 17.1 Å². The number of rotatable bonds is 7. The van der Waals surface area contributed by atoms with Crippen LogP contribution in [0.4, 0.5) is 17.1 Å². The molecule has 0 saturated heterocycles. The minimum atomic E-state index is 0.204. The third-order valence-corrected chi connectivity index (χ3v) is 14.7. The van der Waals surface area contributed by atoms with Crippen molar-refractivity contribution in [2.45, 2.75) is 37.5 Å². The SMILES string of the molecule is c1ccc(-c2ccc(-c3ccc(N(c4ccc(-c5ccc6c(c5)-c5ccccc5C65C6CC7CC(C6)CC5C7)cc4)c4ccccc4-c4ccccc4)cc3)cc2)cc1. The Bertz CT molecular complexity index is 2770. The van der Waals surface area contributed by atoms with Gasteiger partial charge in [-0.3, -0.25) is 0 Å². The van der Waals surface area contributed by atoms with Gasteiger partial charge in [0.05, 0.1) is 5.69 Å². The van der Waals surface area contributed by atoms with Crippen molar-refractivity contribution in [1.82, 2.24) is 0 Å². The van der Waals surface area contributed by atoms with Crippen molar-refractivity contribution in [1.29, 1.82) is 0 Å². The summed E-state index contributed by atoms with van der Waals surface area (Å²) in [5, 5.41) is 0. The molecule has 0 aromatic heterocycles. The van der Waals surface area contributed by atoms with Crippen molar-refractivity contribution in [2.75, 3.05) is 4.90 Å². The fourth-order valence-corrected chi connectivity index (χ4v) is 12.4. The third-order valence-electron chi connectivity index (χ3n) is 14.7. The first-order valence-electron chi connectivity index (χ1n) is 21.8. The molecule has 59 heavy (non-hydrogen) atoms. The standard InChI is InChI=1S/C58H47N/c1-3-11-41(12-4-1)42-19-21-43(22-20-42)44-23-28-50(29-24-44)59(57-18-10-8-15-52(57)46-13-5-2-6-14-46)51-30-25-45(26-31-51)47-27-32-56-54(38-47)53-16-7-9-17-55(53)58(56)48-34-39-33-40(36-48)37-49(58)35-39/h1-32,38-40,48-49H,33-37H2. The lowest BCUT2D eigenvalue weighted by Crippen LogP contribution is -2.55. The molecule has 4 fully saturated rings. The van der Waals surface area contributed by atoms with Crippen molar-refractivity contribution in [2.24, 2.45) is 23.7 Å². The van der Waals surface area contributed by atoms with E-state index >= 15 is 0 Å². The lowest BCUT2D eigenvalue weighted by molar-refractivity contribution is -0.0399. The van der Waals surface area contributed by atoms with Gasteiger partial charge < -0.3 is 4.90 Å². The van der Waals surface area contributed by atoms with E-state index in [1.165, 1.54) is 87.7 Å². The molecule has 4 bridgehead atoms. The van der Waals surface area contributed by atoms with Crippen molar-refractivity contribution in [3.63, 3.8) is 0 Å². The predicted molar refractivity (Wildman–Crippen MR) is 246 cm³/mol. The monoisotopic (exact) mass is 757 g/mol. The minimum absolute atomic E-state index is 0.204. The number of fused-ring (bicyclic) bond motifs is 3. The normalized spacial score (nSPS) is 22.0. The topological polar surface area (TPSA) is 3.24 Å². The molecule has 1 spiro atoms. The summed E-state index contributed by atoms with van der Waals surface area (Å²) in [4.78, 5) is 2.42. The molecule has 13 rings (SSSR count). The van der Waals surface area contributed by atoms with Crippen molar-refractivity contribution in [3.05, 3.63) is 211 Å². The third kappa shape index (κ3) is 5.59. The van der Waals surface area contributed by atoms with Crippen LogP contribution in [0, 0.1) is 23.7 Å². The molecule has 5 aliphatic carbocycles. The molecule has 0 unspecified atom stereocenters. The Balaban J connectivity index is 0.912. The summed E-state index contributed by atoms with van der Waals surface area (Å²) in [5.41, 5.74) is 19.7. The van der Waals surface area contributed by atoms with Crippen LogP contribution < -0.4 is 4.90 Å². The van der Waals surface area contributed by atoms with Gasteiger partial charge in [-0.1, -0.05) is 164 Å². The first-order chi connectivity index (χ1) is 29.2. The van der Waals surface area contributed by atoms with Crippen LogP contribution >= 0.6 is 0 Å². The predicted octanol–water partition coefficient (Wildman–Crippen LogP) is 15.5. The van der Waals surface area contributed by atoms with Crippen molar-refractivity contribution in [3.8, 4) is 55.6 Å². The van der Waals surface area contributed by atoms with E-state index in [1.54, 1.807) is 11.1 Å². The molecular weight excluding hydrogens is 711 g/mol. The average molecular weight is 758 g/mol. The summed E-state index contributed by atoms with van der Waals surface area (Å²) in [5.74, 6) is 3.47. The fourth-order valence-electron chi connectivity index (χ4n) is 12.4. The van der Waals surface area contributed by atoms with Gasteiger partial charge in [0, 0.05) is 22.4 Å². The summed E-state index contributed by atoms with van der Waals surface area (Å²) in [6, 6.07) is 74.4. The van der Waals surface area contributed by atoms with E-state index in [-0.39, 0.29) is 5.41 Å². The number of nitrogens with zero attached hydrogens (tertiary/aromatic N) is 1. The van der Waals surface area contributed by atoms with Gasteiger partial charge in [0.1, 0.15) is 0 Å². The molecule has 8 aromatic carbocycles. The second-order valence-corrected chi connectivity index (χ2v) is 17.7. The van der Waals surface area contributed by atoms with Crippen LogP contribution in [0.15, 0.2) is 200 Å². The second kappa shape index (κ2) is 13.8. The summed E-state index contributed by atoms with van der Waals surface area (Å²) in [6.45, 7) is 0. The van der Waals surface area contributed by atoms with Crippen molar-refractivity contribution < 1.29 is 0 Å². The van der Waals surface area contributed by atoms with Gasteiger partial charge in [-0.2, -0.15) is 0 Å². The number of hydrogen-bond donors (Lipinski definition) is 0. The zero-order valence-corrected chi connectivity index (χ0v) is 33.3. The zero-order chi connectivity index (χ0) is 38.9. The van der Waals surface area contributed by atoms with Crippen LogP contribution in [0.5, 0.6) is 0 Å². The summed E-state index contributed by atoms with van der Waals surface area (Å²) in [7, 11) is 0. The molecule has 1 heteroatoms. The highest BCUT2D eigenvalue weighted by molar-refractivity contribution is 5.90. The van der Waals surface area contributed by atoms with E-state index < -0.39 is 0 Å². The molecule has 8 aromatic rings. The first-order valence-corrected chi connectivity index (χ1v) is 21.8. The molecule has 1 nitrogen and oxygen atoms in total. The van der Waals surface area contributed by atoms with Crippen LogP contribution in [0.2, 0.25) is 0 Å². The maximum atomic E-state index is 2.54. The van der Waals surface area contributed by atoms with Gasteiger partial charge in [-0.25, -0.2) is 0 Å². The van der Waals surface area contributed by atoms with E-state index in [1.807, 2.05) is 0 Å². The molecule has 0 N–H and O–H groups in total. The van der Waals surface area contributed by atoms with Gasteiger partial charge in [-0.15, -0.1) is 0 Å². The molecule has 0 amide bonds. The van der Waals surface area contributed by atoms with Gasteiger partial charge >= 0.3 is 0 Å². The fraction of sp³-hybridized carbons (Fsp3) is 0.172. The Morgan fingerprint density at radius 1 is 0.322 bits per heavy atom.